The molecule has 6 heteroatoms. The SMILES string of the molecule is Cc1cc(C(C)N)c(Cl)cc1NS(C)(=O)=O. The van der Waals surface area contributed by atoms with Crippen molar-refractivity contribution in [3.63, 3.8) is 0 Å². The van der Waals surface area contributed by atoms with Crippen LogP contribution in [-0.4, -0.2) is 14.7 Å². The summed E-state index contributed by atoms with van der Waals surface area (Å²) < 4.78 is 24.6. The largest absolute Gasteiger partial charge is 0.324 e. The van der Waals surface area contributed by atoms with Crippen molar-refractivity contribution in [2.45, 2.75) is 19.9 Å². The zero-order valence-electron chi connectivity index (χ0n) is 9.41. The summed E-state index contributed by atoms with van der Waals surface area (Å²) in [7, 11) is -3.29. The average Bonchev–Trinajstić information content (AvgIpc) is 2.07. The molecule has 0 fully saturated rings. The fraction of sp³-hybridized carbons (Fsp3) is 0.400. The van der Waals surface area contributed by atoms with E-state index in [0.717, 1.165) is 17.4 Å². The van der Waals surface area contributed by atoms with Crippen molar-refractivity contribution >= 4 is 27.3 Å². The van der Waals surface area contributed by atoms with Crippen LogP contribution in [0.5, 0.6) is 0 Å². The van der Waals surface area contributed by atoms with Crippen molar-refractivity contribution in [2.24, 2.45) is 5.73 Å². The summed E-state index contributed by atoms with van der Waals surface area (Å²) in [5.41, 5.74) is 7.82. The lowest BCUT2D eigenvalue weighted by Gasteiger charge is -2.13. The Bertz CT molecular complexity index is 498. The molecule has 1 rings (SSSR count). The highest BCUT2D eigenvalue weighted by Gasteiger charge is 2.11. The number of benzene rings is 1. The molecule has 0 radical (unpaired) electrons. The predicted octanol–water partition coefficient (Wildman–Crippen LogP) is 2.04. The monoisotopic (exact) mass is 262 g/mol. The molecule has 0 aliphatic carbocycles. The zero-order valence-corrected chi connectivity index (χ0v) is 11.0. The second-order valence-corrected chi connectivity index (χ2v) is 6.01. The maximum atomic E-state index is 11.1. The molecule has 1 unspecified atom stereocenters. The van der Waals surface area contributed by atoms with Crippen LogP contribution in [-0.2, 0) is 10.0 Å². The van der Waals surface area contributed by atoms with Gasteiger partial charge in [-0.05, 0) is 31.0 Å². The molecular weight excluding hydrogens is 248 g/mol. The van der Waals surface area contributed by atoms with Crippen molar-refractivity contribution in [1.29, 1.82) is 0 Å². The number of anilines is 1. The number of sulfonamides is 1. The van der Waals surface area contributed by atoms with Gasteiger partial charge in [-0.2, -0.15) is 0 Å². The predicted molar refractivity (Wildman–Crippen MR) is 67.3 cm³/mol. The van der Waals surface area contributed by atoms with Crippen LogP contribution in [0.4, 0.5) is 5.69 Å². The standard InChI is InChI=1S/C10H15ClN2O2S/c1-6-4-8(7(2)12)9(11)5-10(6)13-16(3,14)15/h4-5,7,13H,12H2,1-3H3. The van der Waals surface area contributed by atoms with E-state index >= 15 is 0 Å². The minimum Gasteiger partial charge on any atom is -0.324 e. The molecule has 3 N–H and O–H groups in total. The lowest BCUT2D eigenvalue weighted by atomic mass is 10.1. The Labute approximate surface area is 101 Å². The molecule has 4 nitrogen and oxygen atoms in total. The van der Waals surface area contributed by atoms with E-state index in [1.165, 1.54) is 0 Å². The average molecular weight is 263 g/mol. The highest BCUT2D eigenvalue weighted by Crippen LogP contribution is 2.28. The number of rotatable bonds is 3. The van der Waals surface area contributed by atoms with Crippen molar-refractivity contribution in [3.05, 3.63) is 28.3 Å². The lowest BCUT2D eigenvalue weighted by molar-refractivity contribution is 0.607. The van der Waals surface area contributed by atoms with E-state index in [1.807, 2.05) is 6.92 Å². The molecule has 1 aromatic rings. The first-order valence-electron chi connectivity index (χ1n) is 4.74. The van der Waals surface area contributed by atoms with Gasteiger partial charge in [0.1, 0.15) is 0 Å². The molecule has 0 spiro atoms. The second kappa shape index (κ2) is 4.61. The molecule has 0 saturated carbocycles. The summed E-state index contributed by atoms with van der Waals surface area (Å²) in [6, 6.07) is 3.19. The number of halogens is 1. The molecule has 0 amide bonds. The van der Waals surface area contributed by atoms with Gasteiger partial charge in [-0.15, -0.1) is 0 Å². The topological polar surface area (TPSA) is 72.2 Å². The molecule has 1 aromatic carbocycles. The summed E-state index contributed by atoms with van der Waals surface area (Å²) in [6.07, 6.45) is 1.10. The molecule has 0 aliphatic heterocycles. The quantitative estimate of drug-likeness (QED) is 0.876. The molecule has 0 aliphatic rings. The van der Waals surface area contributed by atoms with E-state index in [4.69, 9.17) is 17.3 Å². The van der Waals surface area contributed by atoms with Crippen molar-refractivity contribution in [3.8, 4) is 0 Å². The Hall–Kier alpha value is -0.780. The van der Waals surface area contributed by atoms with Crippen molar-refractivity contribution < 1.29 is 8.42 Å². The Balaban J connectivity index is 3.21. The minimum absolute atomic E-state index is 0.182. The van der Waals surface area contributed by atoms with E-state index in [-0.39, 0.29) is 6.04 Å². The molecule has 0 heterocycles. The van der Waals surface area contributed by atoms with E-state index < -0.39 is 10.0 Å². The number of hydrogen-bond acceptors (Lipinski definition) is 3. The van der Waals surface area contributed by atoms with Gasteiger partial charge in [0.2, 0.25) is 10.0 Å². The van der Waals surface area contributed by atoms with Gasteiger partial charge >= 0.3 is 0 Å². The maximum absolute atomic E-state index is 11.1. The van der Waals surface area contributed by atoms with Gasteiger partial charge in [-0.3, -0.25) is 4.72 Å². The molecule has 16 heavy (non-hydrogen) atoms. The first kappa shape index (κ1) is 13.3. The Morgan fingerprint density at radius 3 is 2.44 bits per heavy atom. The summed E-state index contributed by atoms with van der Waals surface area (Å²) in [5.74, 6) is 0. The van der Waals surface area contributed by atoms with Crippen LogP contribution >= 0.6 is 11.6 Å². The smallest absolute Gasteiger partial charge is 0.229 e. The van der Waals surface area contributed by atoms with Gasteiger partial charge in [0, 0.05) is 11.1 Å². The van der Waals surface area contributed by atoms with Gasteiger partial charge in [-0.1, -0.05) is 17.7 Å². The van der Waals surface area contributed by atoms with Crippen LogP contribution in [0.2, 0.25) is 5.02 Å². The van der Waals surface area contributed by atoms with Gasteiger partial charge in [0.25, 0.3) is 0 Å². The number of nitrogens with one attached hydrogen (secondary N) is 1. The van der Waals surface area contributed by atoms with Gasteiger partial charge in [0.05, 0.1) is 11.9 Å². The molecule has 0 aromatic heterocycles. The molecule has 1 atom stereocenters. The summed E-state index contributed by atoms with van der Waals surface area (Å²) >= 11 is 6.01. The Morgan fingerprint density at radius 2 is 2.00 bits per heavy atom. The lowest BCUT2D eigenvalue weighted by Crippen LogP contribution is -2.12. The van der Waals surface area contributed by atoms with Gasteiger partial charge in [-0.25, -0.2) is 8.42 Å². The zero-order chi connectivity index (χ0) is 12.5. The fourth-order valence-electron chi connectivity index (χ4n) is 1.36. The first-order chi connectivity index (χ1) is 7.20. The third kappa shape index (κ3) is 3.37. The normalized spacial score (nSPS) is 13.6. The maximum Gasteiger partial charge on any atom is 0.229 e. The molecule has 0 saturated heterocycles. The van der Waals surface area contributed by atoms with Crippen LogP contribution in [0.3, 0.4) is 0 Å². The highest BCUT2D eigenvalue weighted by atomic mass is 35.5. The van der Waals surface area contributed by atoms with Gasteiger partial charge < -0.3 is 5.73 Å². The number of hydrogen-bond donors (Lipinski definition) is 2. The first-order valence-corrected chi connectivity index (χ1v) is 7.01. The third-order valence-corrected chi connectivity index (χ3v) is 3.05. The van der Waals surface area contributed by atoms with E-state index in [2.05, 4.69) is 4.72 Å². The fourth-order valence-corrected chi connectivity index (χ4v) is 2.32. The van der Waals surface area contributed by atoms with E-state index in [1.54, 1.807) is 19.1 Å². The number of aryl methyl sites for hydroxylation is 1. The van der Waals surface area contributed by atoms with Crippen LogP contribution in [0.25, 0.3) is 0 Å². The Morgan fingerprint density at radius 1 is 1.44 bits per heavy atom. The molecule has 90 valence electrons. The highest BCUT2D eigenvalue weighted by molar-refractivity contribution is 7.92. The van der Waals surface area contributed by atoms with Gasteiger partial charge in [0.15, 0.2) is 0 Å². The number of nitrogens with two attached hydrogens (primary N) is 1. The van der Waals surface area contributed by atoms with Crippen molar-refractivity contribution in [2.75, 3.05) is 11.0 Å². The van der Waals surface area contributed by atoms with Crippen LogP contribution < -0.4 is 10.5 Å². The summed E-state index contributed by atoms with van der Waals surface area (Å²) in [4.78, 5) is 0. The second-order valence-electron chi connectivity index (χ2n) is 3.85. The van der Waals surface area contributed by atoms with E-state index in [0.29, 0.717) is 10.7 Å². The van der Waals surface area contributed by atoms with Crippen LogP contribution in [0, 0.1) is 6.92 Å². The summed E-state index contributed by atoms with van der Waals surface area (Å²) in [5, 5.41) is 0.465. The third-order valence-electron chi connectivity index (χ3n) is 2.13. The minimum atomic E-state index is -3.29. The van der Waals surface area contributed by atoms with Crippen LogP contribution in [0.1, 0.15) is 24.1 Å². The molecule has 0 bridgehead atoms. The molecular formula is C10H15ClN2O2S. The van der Waals surface area contributed by atoms with E-state index in [9.17, 15) is 8.42 Å². The van der Waals surface area contributed by atoms with Crippen LogP contribution in [0.15, 0.2) is 12.1 Å². The van der Waals surface area contributed by atoms with Crippen molar-refractivity contribution in [1.82, 2.24) is 0 Å². The Kier molecular flexibility index (Phi) is 3.83. The summed E-state index contributed by atoms with van der Waals surface area (Å²) in [6.45, 7) is 3.63.